The molecule has 1 atom stereocenters. The number of halogens is 1. The number of hydrogen-bond acceptors (Lipinski definition) is 5. The second kappa shape index (κ2) is 8.81. The van der Waals surface area contributed by atoms with Gasteiger partial charge in [0.05, 0.1) is 35.4 Å². The highest BCUT2D eigenvalue weighted by Crippen LogP contribution is 2.43. The van der Waals surface area contributed by atoms with Crippen molar-refractivity contribution >= 4 is 34.7 Å². The number of hydrogen-bond donors (Lipinski definition) is 1. The molecular formula is C26H19ClN2O4. The fourth-order valence-electron chi connectivity index (χ4n) is 3.91. The molecule has 3 aromatic rings. The van der Waals surface area contributed by atoms with Crippen molar-refractivity contribution in [2.75, 3.05) is 12.0 Å². The van der Waals surface area contributed by atoms with Crippen LogP contribution in [0.3, 0.4) is 0 Å². The third kappa shape index (κ3) is 3.95. The summed E-state index contributed by atoms with van der Waals surface area (Å²) in [6.45, 7) is 1.90. The average molecular weight is 459 g/mol. The molecule has 0 aromatic heterocycles. The largest absolute Gasteiger partial charge is 0.507 e. The van der Waals surface area contributed by atoms with E-state index in [1.165, 1.54) is 18.1 Å². The van der Waals surface area contributed by atoms with Crippen molar-refractivity contribution in [2.24, 2.45) is 0 Å². The number of ketones is 1. The molecule has 3 aromatic carbocycles. The monoisotopic (exact) mass is 458 g/mol. The maximum absolute atomic E-state index is 13.2. The molecule has 1 N–H and O–H groups in total. The Labute approximate surface area is 195 Å². The molecule has 1 fully saturated rings. The summed E-state index contributed by atoms with van der Waals surface area (Å²) in [5, 5.41) is 20.6. The van der Waals surface area contributed by atoms with E-state index in [4.69, 9.17) is 21.6 Å². The minimum absolute atomic E-state index is 0.0786. The molecule has 0 spiro atoms. The smallest absolute Gasteiger partial charge is 0.300 e. The van der Waals surface area contributed by atoms with Crippen LogP contribution in [-0.2, 0) is 9.59 Å². The van der Waals surface area contributed by atoms with Gasteiger partial charge in [-0.15, -0.1) is 0 Å². The van der Waals surface area contributed by atoms with E-state index in [9.17, 15) is 14.7 Å². The lowest BCUT2D eigenvalue weighted by atomic mass is 9.94. The summed E-state index contributed by atoms with van der Waals surface area (Å²) in [7, 11) is 1.48. The van der Waals surface area contributed by atoms with Crippen molar-refractivity contribution in [1.82, 2.24) is 0 Å². The standard InChI is InChI=1S/C26H19ClN2O4/c1-15-4-3-5-17(12-15)23-22(24(30)20-13-19(33-2)10-11-21(20)27)25(31)26(32)29(23)18-8-6-16(14-28)7-9-18/h3-13,23,30H,1-2H3/b24-22+. The first-order valence-corrected chi connectivity index (χ1v) is 10.4. The van der Waals surface area contributed by atoms with E-state index in [1.807, 2.05) is 31.2 Å². The molecule has 1 amide bonds. The molecule has 7 heteroatoms. The Balaban J connectivity index is 1.97. The molecule has 1 aliphatic heterocycles. The number of methoxy groups -OCH3 is 1. The van der Waals surface area contributed by atoms with Gasteiger partial charge in [-0.1, -0.05) is 41.4 Å². The Morgan fingerprint density at radius 1 is 1.09 bits per heavy atom. The van der Waals surface area contributed by atoms with Crippen LogP contribution in [0, 0.1) is 18.3 Å². The molecule has 0 aliphatic carbocycles. The van der Waals surface area contributed by atoms with Crippen LogP contribution in [0.2, 0.25) is 5.02 Å². The Hall–Kier alpha value is -4.08. The summed E-state index contributed by atoms with van der Waals surface area (Å²) >= 11 is 6.33. The number of nitrogens with zero attached hydrogens (tertiary/aromatic N) is 2. The summed E-state index contributed by atoms with van der Waals surface area (Å²) in [5.41, 5.74) is 2.54. The highest BCUT2D eigenvalue weighted by molar-refractivity contribution is 6.52. The normalized spacial score (nSPS) is 17.2. The number of ether oxygens (including phenoxy) is 1. The quantitative estimate of drug-likeness (QED) is 0.331. The number of carbonyl (C=O) groups is 2. The lowest BCUT2D eigenvalue weighted by Crippen LogP contribution is -2.29. The minimum Gasteiger partial charge on any atom is -0.507 e. The molecule has 1 aliphatic rings. The molecule has 0 saturated carbocycles. The molecule has 33 heavy (non-hydrogen) atoms. The lowest BCUT2D eigenvalue weighted by Gasteiger charge is -2.26. The first-order chi connectivity index (χ1) is 15.8. The highest BCUT2D eigenvalue weighted by Gasteiger charge is 2.47. The van der Waals surface area contributed by atoms with Crippen molar-refractivity contribution in [3.05, 3.63) is 99.6 Å². The second-order valence-electron chi connectivity index (χ2n) is 7.59. The molecule has 0 radical (unpaired) electrons. The van der Waals surface area contributed by atoms with Crippen LogP contribution >= 0.6 is 11.6 Å². The average Bonchev–Trinajstić information content (AvgIpc) is 3.09. The van der Waals surface area contributed by atoms with Gasteiger partial charge in [-0.25, -0.2) is 0 Å². The van der Waals surface area contributed by atoms with Gasteiger partial charge < -0.3 is 9.84 Å². The van der Waals surface area contributed by atoms with Gasteiger partial charge in [-0.05, 0) is 55.0 Å². The van der Waals surface area contributed by atoms with E-state index in [2.05, 4.69) is 0 Å². The number of aryl methyl sites for hydroxylation is 1. The van der Waals surface area contributed by atoms with Crippen molar-refractivity contribution in [1.29, 1.82) is 5.26 Å². The van der Waals surface area contributed by atoms with Crippen molar-refractivity contribution in [3.63, 3.8) is 0 Å². The van der Waals surface area contributed by atoms with Crippen LogP contribution in [-0.4, -0.2) is 23.9 Å². The van der Waals surface area contributed by atoms with Crippen LogP contribution < -0.4 is 9.64 Å². The van der Waals surface area contributed by atoms with E-state index < -0.39 is 17.7 Å². The van der Waals surface area contributed by atoms with Gasteiger partial charge >= 0.3 is 0 Å². The van der Waals surface area contributed by atoms with Crippen LogP contribution in [0.4, 0.5) is 5.69 Å². The maximum atomic E-state index is 13.2. The SMILES string of the molecule is COc1ccc(Cl)c(/C(O)=C2\C(=O)C(=O)N(c3ccc(C#N)cc3)C2c2cccc(C)c2)c1. The highest BCUT2D eigenvalue weighted by atomic mass is 35.5. The molecule has 1 heterocycles. The van der Waals surface area contributed by atoms with Gasteiger partial charge in [0.2, 0.25) is 0 Å². The molecule has 1 unspecified atom stereocenters. The number of anilines is 1. The maximum Gasteiger partial charge on any atom is 0.300 e. The molecule has 1 saturated heterocycles. The topological polar surface area (TPSA) is 90.6 Å². The Bertz CT molecular complexity index is 1340. The van der Waals surface area contributed by atoms with E-state index >= 15 is 0 Å². The number of Topliss-reactive ketones (excluding diaryl/α,β-unsaturated/α-hetero) is 1. The van der Waals surface area contributed by atoms with Crippen LogP contribution in [0.5, 0.6) is 5.75 Å². The summed E-state index contributed by atoms with van der Waals surface area (Å²) < 4.78 is 5.23. The summed E-state index contributed by atoms with van der Waals surface area (Å²) in [5.74, 6) is -1.57. The van der Waals surface area contributed by atoms with Crippen LogP contribution in [0.1, 0.15) is 28.3 Å². The van der Waals surface area contributed by atoms with Gasteiger partial charge in [0.15, 0.2) is 0 Å². The van der Waals surface area contributed by atoms with Crippen LogP contribution in [0.25, 0.3) is 5.76 Å². The Morgan fingerprint density at radius 3 is 2.45 bits per heavy atom. The number of aliphatic hydroxyl groups is 1. The second-order valence-corrected chi connectivity index (χ2v) is 7.99. The van der Waals surface area contributed by atoms with Gasteiger partial charge in [0.1, 0.15) is 11.5 Å². The minimum atomic E-state index is -0.889. The van der Waals surface area contributed by atoms with Gasteiger partial charge in [0.25, 0.3) is 11.7 Å². The Kier molecular flexibility index (Phi) is 5.91. The number of benzene rings is 3. The first-order valence-electron chi connectivity index (χ1n) is 10.1. The fourth-order valence-corrected chi connectivity index (χ4v) is 4.12. The number of nitriles is 1. The predicted molar refractivity (Wildman–Crippen MR) is 125 cm³/mol. The van der Waals surface area contributed by atoms with Crippen molar-refractivity contribution in [3.8, 4) is 11.8 Å². The van der Waals surface area contributed by atoms with E-state index in [0.717, 1.165) is 5.56 Å². The number of aliphatic hydroxyl groups excluding tert-OH is 1. The zero-order valence-corrected chi connectivity index (χ0v) is 18.6. The summed E-state index contributed by atoms with van der Waals surface area (Å²) in [4.78, 5) is 27.7. The third-order valence-electron chi connectivity index (χ3n) is 5.51. The van der Waals surface area contributed by atoms with Crippen molar-refractivity contribution < 1.29 is 19.4 Å². The number of carbonyl (C=O) groups excluding carboxylic acids is 2. The van der Waals surface area contributed by atoms with E-state index in [-0.39, 0.29) is 21.9 Å². The van der Waals surface area contributed by atoms with Gasteiger partial charge in [-0.3, -0.25) is 14.5 Å². The van der Waals surface area contributed by atoms with Crippen molar-refractivity contribution in [2.45, 2.75) is 13.0 Å². The zero-order valence-electron chi connectivity index (χ0n) is 17.9. The third-order valence-corrected chi connectivity index (χ3v) is 5.84. The number of rotatable bonds is 4. The zero-order chi connectivity index (χ0) is 23.7. The van der Waals surface area contributed by atoms with Crippen LogP contribution in [0.15, 0.2) is 72.3 Å². The molecule has 4 rings (SSSR count). The molecule has 6 nitrogen and oxygen atoms in total. The van der Waals surface area contributed by atoms with E-state index in [0.29, 0.717) is 22.6 Å². The summed E-state index contributed by atoms with van der Waals surface area (Å²) in [6, 6.07) is 19.6. The Morgan fingerprint density at radius 2 is 1.82 bits per heavy atom. The molecule has 0 bridgehead atoms. The number of amides is 1. The fraction of sp³-hybridized carbons (Fsp3) is 0.115. The molecule has 164 valence electrons. The summed E-state index contributed by atoms with van der Waals surface area (Å²) in [6.07, 6.45) is 0. The van der Waals surface area contributed by atoms with Gasteiger partial charge in [0, 0.05) is 11.3 Å². The van der Waals surface area contributed by atoms with E-state index in [1.54, 1.807) is 42.5 Å². The lowest BCUT2D eigenvalue weighted by molar-refractivity contribution is -0.132. The molecular weight excluding hydrogens is 440 g/mol. The van der Waals surface area contributed by atoms with Gasteiger partial charge in [-0.2, -0.15) is 5.26 Å². The first kappa shape index (κ1) is 22.1. The predicted octanol–water partition coefficient (Wildman–Crippen LogP) is 5.16.